The number of carbonyl (C=O) groups is 2. The number of fused-ring (bicyclic) bond motifs is 1. The number of rotatable bonds is 10. The number of nitrogens with zero attached hydrogens (tertiary/aromatic N) is 3. The number of likely N-dealkylation sites (N-methyl/N-ethyl adjacent to an activating group) is 1. The molecular weight excluding hydrogens is 480 g/mol. The lowest BCUT2D eigenvalue weighted by molar-refractivity contribution is -0.121. The summed E-state index contributed by atoms with van der Waals surface area (Å²) in [6.45, 7) is 7.44. The maximum absolute atomic E-state index is 13.0. The summed E-state index contributed by atoms with van der Waals surface area (Å²) < 4.78 is 1.69. The molecule has 9 nitrogen and oxygen atoms in total. The summed E-state index contributed by atoms with van der Waals surface area (Å²) in [4.78, 5) is 44.7. The first-order valence-electron chi connectivity index (χ1n) is 13.5. The molecule has 0 aliphatic carbocycles. The molecule has 0 bridgehead atoms. The molecule has 9 heteroatoms. The summed E-state index contributed by atoms with van der Waals surface area (Å²) in [7, 11) is 1.47. The fourth-order valence-electron chi connectivity index (χ4n) is 5.31. The standard InChI is InChI=1S/C29H38N6O3/c1-4-34-17-7-9-21(34)18-32-24(36)10-6-8-19-11-13-20(14-12-19)23-16-15-22-26(37)25(29(38)31-3)27(30)35(5-2)28(22)33-23/h11-16,21H,4-10,17-18,30H2,1-3H3,(H,31,38)(H,32,36). The predicted molar refractivity (Wildman–Crippen MR) is 151 cm³/mol. The van der Waals surface area contributed by atoms with Gasteiger partial charge in [0, 0.05) is 38.2 Å². The molecule has 3 heterocycles. The molecule has 1 aromatic carbocycles. The van der Waals surface area contributed by atoms with E-state index in [2.05, 4.69) is 22.5 Å². The summed E-state index contributed by atoms with van der Waals surface area (Å²) in [5.74, 6) is -0.282. The fraction of sp³-hybridized carbons (Fsp3) is 0.448. The Morgan fingerprint density at radius 3 is 2.55 bits per heavy atom. The molecule has 1 saturated heterocycles. The normalized spacial score (nSPS) is 15.6. The number of hydrogen-bond acceptors (Lipinski definition) is 6. The molecule has 1 unspecified atom stereocenters. The van der Waals surface area contributed by atoms with E-state index in [9.17, 15) is 14.4 Å². The van der Waals surface area contributed by atoms with Crippen LogP contribution in [0.4, 0.5) is 5.82 Å². The summed E-state index contributed by atoms with van der Waals surface area (Å²) in [5, 5.41) is 5.95. The van der Waals surface area contributed by atoms with Crippen LogP contribution in [0.25, 0.3) is 22.3 Å². The number of carbonyl (C=O) groups excluding carboxylic acids is 2. The Hall–Kier alpha value is -3.72. The third kappa shape index (κ3) is 5.72. The van der Waals surface area contributed by atoms with E-state index in [1.54, 1.807) is 16.7 Å². The van der Waals surface area contributed by atoms with Crippen LogP contribution in [0.1, 0.15) is 55.5 Å². The van der Waals surface area contributed by atoms with Crippen molar-refractivity contribution < 1.29 is 9.59 Å². The van der Waals surface area contributed by atoms with Gasteiger partial charge in [-0.3, -0.25) is 19.3 Å². The van der Waals surface area contributed by atoms with Crippen molar-refractivity contribution in [3.05, 3.63) is 57.7 Å². The Labute approximate surface area is 223 Å². The Morgan fingerprint density at radius 2 is 1.87 bits per heavy atom. The Kier molecular flexibility index (Phi) is 8.78. The molecule has 2 amide bonds. The van der Waals surface area contributed by atoms with E-state index in [1.807, 2.05) is 31.2 Å². The van der Waals surface area contributed by atoms with Crippen LogP contribution in [0, 0.1) is 0 Å². The molecule has 1 aliphatic rings. The molecule has 38 heavy (non-hydrogen) atoms. The molecule has 1 aliphatic heterocycles. The molecule has 1 fully saturated rings. The second kappa shape index (κ2) is 12.2. The van der Waals surface area contributed by atoms with Gasteiger partial charge in [0.25, 0.3) is 5.91 Å². The molecule has 0 saturated carbocycles. The number of nitrogens with one attached hydrogen (secondary N) is 2. The van der Waals surface area contributed by atoms with E-state index in [0.717, 1.165) is 50.0 Å². The predicted octanol–water partition coefficient (Wildman–Crippen LogP) is 2.95. The topological polar surface area (TPSA) is 122 Å². The van der Waals surface area contributed by atoms with Gasteiger partial charge in [0.05, 0.1) is 11.1 Å². The van der Waals surface area contributed by atoms with Crippen molar-refractivity contribution in [3.8, 4) is 11.3 Å². The van der Waals surface area contributed by atoms with Gasteiger partial charge in [-0.05, 0) is 63.4 Å². The highest BCUT2D eigenvalue weighted by Crippen LogP contribution is 2.23. The van der Waals surface area contributed by atoms with Crippen molar-refractivity contribution in [2.75, 3.05) is 32.4 Å². The highest BCUT2D eigenvalue weighted by molar-refractivity contribution is 6.01. The van der Waals surface area contributed by atoms with Crippen molar-refractivity contribution in [2.24, 2.45) is 0 Å². The number of pyridine rings is 2. The number of benzene rings is 1. The number of nitrogens with two attached hydrogens (primary N) is 1. The maximum Gasteiger partial charge on any atom is 0.258 e. The molecule has 1 atom stereocenters. The summed E-state index contributed by atoms with van der Waals surface area (Å²) in [6.07, 6.45) is 4.49. The number of amides is 2. The van der Waals surface area contributed by atoms with E-state index in [-0.39, 0.29) is 17.3 Å². The van der Waals surface area contributed by atoms with Gasteiger partial charge in [-0.1, -0.05) is 31.2 Å². The van der Waals surface area contributed by atoms with Gasteiger partial charge in [0.15, 0.2) is 0 Å². The Morgan fingerprint density at radius 1 is 1.11 bits per heavy atom. The van der Waals surface area contributed by atoms with Gasteiger partial charge in [-0.15, -0.1) is 0 Å². The van der Waals surface area contributed by atoms with E-state index in [4.69, 9.17) is 10.7 Å². The first-order chi connectivity index (χ1) is 18.4. The number of aryl methyl sites for hydroxylation is 2. The van der Waals surface area contributed by atoms with Crippen molar-refractivity contribution in [3.63, 3.8) is 0 Å². The SMILES string of the molecule is CCN1CCCC1CNC(=O)CCCc1ccc(-c2ccc3c(=O)c(C(=O)NC)c(N)n(CC)c3n2)cc1. The van der Waals surface area contributed by atoms with Crippen molar-refractivity contribution in [1.29, 1.82) is 0 Å². The van der Waals surface area contributed by atoms with E-state index in [0.29, 0.717) is 35.7 Å². The smallest absolute Gasteiger partial charge is 0.258 e. The summed E-state index contributed by atoms with van der Waals surface area (Å²) in [5.41, 5.74) is 8.96. The van der Waals surface area contributed by atoms with E-state index >= 15 is 0 Å². The van der Waals surface area contributed by atoms with Crippen LogP contribution in [-0.2, 0) is 17.8 Å². The largest absolute Gasteiger partial charge is 0.384 e. The van der Waals surface area contributed by atoms with Crippen LogP contribution in [0.5, 0.6) is 0 Å². The summed E-state index contributed by atoms with van der Waals surface area (Å²) >= 11 is 0. The number of aromatic nitrogens is 2. The number of anilines is 1. The van der Waals surface area contributed by atoms with Crippen molar-refractivity contribution >= 4 is 28.7 Å². The molecule has 3 aromatic rings. The Balaban J connectivity index is 1.41. The second-order valence-corrected chi connectivity index (χ2v) is 9.76. The average molecular weight is 519 g/mol. The van der Waals surface area contributed by atoms with Gasteiger partial charge >= 0.3 is 0 Å². The minimum atomic E-state index is -0.509. The lowest BCUT2D eigenvalue weighted by Gasteiger charge is -2.22. The lowest BCUT2D eigenvalue weighted by Crippen LogP contribution is -2.39. The maximum atomic E-state index is 13.0. The highest BCUT2D eigenvalue weighted by Gasteiger charge is 2.23. The van der Waals surface area contributed by atoms with E-state index < -0.39 is 11.3 Å². The third-order valence-electron chi connectivity index (χ3n) is 7.48. The van der Waals surface area contributed by atoms with Crippen LogP contribution in [0.3, 0.4) is 0 Å². The minimum Gasteiger partial charge on any atom is -0.384 e. The van der Waals surface area contributed by atoms with E-state index in [1.165, 1.54) is 13.5 Å². The van der Waals surface area contributed by atoms with Crippen LogP contribution >= 0.6 is 0 Å². The van der Waals surface area contributed by atoms with Crippen LogP contribution < -0.4 is 21.8 Å². The summed E-state index contributed by atoms with van der Waals surface area (Å²) in [6, 6.07) is 12.1. The zero-order chi connectivity index (χ0) is 27.2. The first kappa shape index (κ1) is 27.3. The fourth-order valence-corrected chi connectivity index (χ4v) is 5.31. The van der Waals surface area contributed by atoms with Crippen LogP contribution in [-0.4, -0.2) is 59.0 Å². The Bertz CT molecular complexity index is 1370. The highest BCUT2D eigenvalue weighted by atomic mass is 16.2. The minimum absolute atomic E-state index is 0.0593. The molecule has 4 rings (SSSR count). The second-order valence-electron chi connectivity index (χ2n) is 9.76. The first-order valence-corrected chi connectivity index (χ1v) is 13.5. The average Bonchev–Trinajstić information content (AvgIpc) is 3.40. The molecule has 2 aromatic heterocycles. The quantitative estimate of drug-likeness (QED) is 0.379. The molecule has 202 valence electrons. The van der Waals surface area contributed by atoms with Gasteiger partial charge in [0.2, 0.25) is 11.3 Å². The van der Waals surface area contributed by atoms with Crippen molar-refractivity contribution in [1.82, 2.24) is 25.1 Å². The molecule has 4 N–H and O–H groups in total. The van der Waals surface area contributed by atoms with Gasteiger partial charge in [-0.2, -0.15) is 0 Å². The number of hydrogen-bond donors (Lipinski definition) is 3. The zero-order valence-electron chi connectivity index (χ0n) is 22.5. The lowest BCUT2D eigenvalue weighted by atomic mass is 10.0. The molecular formula is C29H38N6O3. The molecule has 0 radical (unpaired) electrons. The number of nitrogen functional groups attached to an aromatic ring is 1. The van der Waals surface area contributed by atoms with Crippen molar-refractivity contribution in [2.45, 2.75) is 58.5 Å². The molecule has 0 spiro atoms. The van der Waals surface area contributed by atoms with Gasteiger partial charge in [0.1, 0.15) is 17.0 Å². The van der Waals surface area contributed by atoms with Gasteiger partial charge < -0.3 is 20.9 Å². The van der Waals surface area contributed by atoms with Gasteiger partial charge in [-0.25, -0.2) is 4.98 Å². The monoisotopic (exact) mass is 518 g/mol. The van der Waals surface area contributed by atoms with Crippen LogP contribution in [0.15, 0.2) is 41.2 Å². The number of likely N-dealkylation sites (tertiary alicyclic amines) is 1. The zero-order valence-corrected chi connectivity index (χ0v) is 22.5. The third-order valence-corrected chi connectivity index (χ3v) is 7.48. The van der Waals surface area contributed by atoms with Crippen LogP contribution in [0.2, 0.25) is 0 Å².